The molecule has 10 heteroatoms. The average molecular weight is 454 g/mol. The number of halogens is 1. The fraction of sp³-hybridized carbons (Fsp3) is 0.400. The zero-order valence-corrected chi connectivity index (χ0v) is 18.4. The highest BCUT2D eigenvalue weighted by Crippen LogP contribution is 2.26. The lowest BCUT2D eigenvalue weighted by molar-refractivity contribution is -0.124. The molecule has 0 radical (unpaired) electrons. The van der Waals surface area contributed by atoms with E-state index in [-0.39, 0.29) is 17.3 Å². The lowest BCUT2D eigenvalue weighted by Crippen LogP contribution is -2.48. The molecule has 162 valence electrons. The minimum absolute atomic E-state index is 0.0475. The molecule has 1 aromatic heterocycles. The van der Waals surface area contributed by atoms with Crippen LogP contribution in [0.15, 0.2) is 41.3 Å². The summed E-state index contributed by atoms with van der Waals surface area (Å²) in [5.74, 6) is -0.851. The molecule has 1 aliphatic heterocycles. The van der Waals surface area contributed by atoms with Crippen molar-refractivity contribution in [3.8, 4) is 0 Å². The van der Waals surface area contributed by atoms with Gasteiger partial charge in [0.05, 0.1) is 18.6 Å². The molecule has 1 saturated heterocycles. The van der Waals surface area contributed by atoms with Gasteiger partial charge >= 0.3 is 5.97 Å². The van der Waals surface area contributed by atoms with Crippen molar-refractivity contribution in [2.24, 2.45) is 7.05 Å². The van der Waals surface area contributed by atoms with Crippen LogP contribution in [0, 0.1) is 0 Å². The first-order chi connectivity index (χ1) is 14.3. The third-order valence-corrected chi connectivity index (χ3v) is 7.33. The maximum atomic E-state index is 13.5. The van der Waals surface area contributed by atoms with Gasteiger partial charge in [-0.2, -0.15) is 4.31 Å². The zero-order chi connectivity index (χ0) is 21.9. The number of amides is 1. The van der Waals surface area contributed by atoms with Gasteiger partial charge in [-0.05, 0) is 55.7 Å². The van der Waals surface area contributed by atoms with E-state index in [1.54, 1.807) is 23.7 Å². The van der Waals surface area contributed by atoms with E-state index in [2.05, 4.69) is 5.32 Å². The van der Waals surface area contributed by atoms with Gasteiger partial charge in [-0.3, -0.25) is 4.79 Å². The number of carbonyl (C=O) groups is 2. The zero-order valence-electron chi connectivity index (χ0n) is 16.8. The van der Waals surface area contributed by atoms with Gasteiger partial charge in [-0.25, -0.2) is 13.2 Å². The first-order valence-corrected chi connectivity index (χ1v) is 11.4. The monoisotopic (exact) mass is 453 g/mol. The predicted octanol–water partition coefficient (Wildman–Crippen LogP) is 2.32. The molecular weight excluding hydrogens is 430 g/mol. The van der Waals surface area contributed by atoms with E-state index in [0.29, 0.717) is 29.4 Å². The molecule has 2 aromatic rings. The first kappa shape index (κ1) is 22.3. The minimum atomic E-state index is -4.01. The van der Waals surface area contributed by atoms with Crippen LogP contribution in [0.4, 0.5) is 0 Å². The van der Waals surface area contributed by atoms with E-state index in [9.17, 15) is 18.0 Å². The summed E-state index contributed by atoms with van der Waals surface area (Å²) in [5.41, 5.74) is 0.853. The standard InChI is InChI=1S/C20H24ClN3O5S/c1-23-15(8-11-18(23)20(26)29-2)13-24(17-5-3-4-12-22-19(17)25)30(27,28)16-9-6-14(21)7-10-16/h6-11,17H,3-5,12-13H2,1-2H3,(H,22,25)/t17-/m0/s1. The molecule has 1 atom stereocenters. The second-order valence-corrected chi connectivity index (χ2v) is 9.39. The molecule has 0 aliphatic carbocycles. The van der Waals surface area contributed by atoms with Gasteiger partial charge in [0.2, 0.25) is 15.9 Å². The Morgan fingerprint density at radius 1 is 1.23 bits per heavy atom. The lowest BCUT2D eigenvalue weighted by Gasteiger charge is -2.29. The molecule has 1 aromatic carbocycles. The smallest absolute Gasteiger partial charge is 0.354 e. The second kappa shape index (κ2) is 9.20. The Bertz CT molecular complexity index is 1030. The SMILES string of the molecule is COC(=O)c1ccc(CN([C@H]2CCCCNC2=O)S(=O)(=O)c2ccc(Cl)cc2)n1C. The van der Waals surface area contributed by atoms with E-state index < -0.39 is 22.0 Å². The second-order valence-electron chi connectivity index (χ2n) is 7.07. The van der Waals surface area contributed by atoms with Gasteiger partial charge in [0, 0.05) is 24.3 Å². The van der Waals surface area contributed by atoms with E-state index in [1.807, 2.05) is 0 Å². The Morgan fingerprint density at radius 3 is 2.60 bits per heavy atom. The van der Waals surface area contributed by atoms with Gasteiger partial charge < -0.3 is 14.6 Å². The van der Waals surface area contributed by atoms with Gasteiger partial charge in [0.25, 0.3) is 0 Å². The first-order valence-electron chi connectivity index (χ1n) is 9.53. The Morgan fingerprint density at radius 2 is 1.93 bits per heavy atom. The Labute approximate surface area is 180 Å². The number of carbonyl (C=O) groups excluding carboxylic acids is 2. The summed E-state index contributed by atoms with van der Waals surface area (Å²) in [6.07, 6.45) is 1.91. The van der Waals surface area contributed by atoms with Crippen LogP contribution in [0.25, 0.3) is 0 Å². The third-order valence-electron chi connectivity index (χ3n) is 5.21. The molecule has 8 nitrogen and oxygen atoms in total. The molecule has 0 saturated carbocycles. The van der Waals surface area contributed by atoms with E-state index in [4.69, 9.17) is 16.3 Å². The van der Waals surface area contributed by atoms with Crippen molar-refractivity contribution in [2.75, 3.05) is 13.7 Å². The van der Waals surface area contributed by atoms with Crippen molar-refractivity contribution in [3.63, 3.8) is 0 Å². The number of sulfonamides is 1. The van der Waals surface area contributed by atoms with Crippen molar-refractivity contribution in [1.29, 1.82) is 0 Å². The van der Waals surface area contributed by atoms with Gasteiger partial charge in [0.1, 0.15) is 11.7 Å². The van der Waals surface area contributed by atoms with Crippen LogP contribution in [0.5, 0.6) is 0 Å². The number of nitrogens with zero attached hydrogens (tertiary/aromatic N) is 2. The number of nitrogens with one attached hydrogen (secondary N) is 1. The molecule has 3 rings (SSSR count). The highest BCUT2D eigenvalue weighted by atomic mass is 35.5. The summed E-state index contributed by atoms with van der Waals surface area (Å²) in [6.45, 7) is 0.442. The van der Waals surface area contributed by atoms with Crippen LogP contribution in [0.2, 0.25) is 5.02 Å². The Kier molecular flexibility index (Phi) is 6.84. The molecule has 1 fully saturated rings. The Hall–Kier alpha value is -2.36. The van der Waals surface area contributed by atoms with Crippen molar-refractivity contribution >= 4 is 33.5 Å². The average Bonchev–Trinajstić information content (AvgIpc) is 2.95. The van der Waals surface area contributed by atoms with Crippen LogP contribution in [0.1, 0.15) is 35.4 Å². The molecule has 1 aliphatic rings. The predicted molar refractivity (Wildman–Crippen MR) is 112 cm³/mol. The number of benzene rings is 1. The summed E-state index contributed by atoms with van der Waals surface area (Å²) in [5, 5.41) is 3.21. The number of hydrogen-bond acceptors (Lipinski definition) is 5. The number of rotatable bonds is 6. The van der Waals surface area contributed by atoms with Crippen molar-refractivity contribution in [2.45, 2.75) is 36.7 Å². The van der Waals surface area contributed by atoms with Crippen LogP contribution < -0.4 is 5.32 Å². The topological polar surface area (TPSA) is 97.7 Å². The quantitative estimate of drug-likeness (QED) is 0.677. The molecule has 0 spiro atoms. The number of methoxy groups -OCH3 is 1. The van der Waals surface area contributed by atoms with Crippen LogP contribution in [-0.4, -0.2) is 48.9 Å². The van der Waals surface area contributed by atoms with E-state index in [0.717, 1.165) is 12.8 Å². The maximum absolute atomic E-state index is 13.5. The van der Waals surface area contributed by atoms with E-state index >= 15 is 0 Å². The molecule has 30 heavy (non-hydrogen) atoms. The molecular formula is C20H24ClN3O5S. The molecule has 0 unspecified atom stereocenters. The van der Waals surface area contributed by atoms with Crippen molar-refractivity contribution in [3.05, 3.63) is 52.8 Å². The normalized spacial score (nSPS) is 17.5. The number of hydrogen-bond donors (Lipinski definition) is 1. The lowest BCUT2D eigenvalue weighted by atomic mass is 10.1. The molecule has 1 amide bonds. The number of esters is 1. The van der Waals surface area contributed by atoms with Crippen molar-refractivity contribution in [1.82, 2.24) is 14.2 Å². The van der Waals surface area contributed by atoms with Crippen molar-refractivity contribution < 1.29 is 22.7 Å². The summed E-state index contributed by atoms with van der Waals surface area (Å²) < 4.78 is 34.6. The fourth-order valence-corrected chi connectivity index (χ4v) is 5.20. The summed E-state index contributed by atoms with van der Waals surface area (Å²) in [7, 11) is -1.08. The minimum Gasteiger partial charge on any atom is -0.464 e. The fourth-order valence-electron chi connectivity index (χ4n) is 3.48. The molecule has 0 bridgehead atoms. The van der Waals surface area contributed by atoms with Crippen LogP contribution >= 0.6 is 11.6 Å². The molecule has 2 heterocycles. The Balaban J connectivity index is 2.04. The third kappa shape index (κ3) is 4.53. The summed E-state index contributed by atoms with van der Waals surface area (Å²) in [4.78, 5) is 24.7. The van der Waals surface area contributed by atoms with Crippen LogP contribution in [-0.2, 0) is 33.1 Å². The number of ether oxygens (including phenoxy) is 1. The summed E-state index contributed by atoms with van der Waals surface area (Å²) in [6, 6.07) is 8.21. The maximum Gasteiger partial charge on any atom is 0.354 e. The summed E-state index contributed by atoms with van der Waals surface area (Å²) >= 11 is 5.91. The van der Waals surface area contributed by atoms with Crippen LogP contribution in [0.3, 0.4) is 0 Å². The van der Waals surface area contributed by atoms with Gasteiger partial charge in [0.15, 0.2) is 0 Å². The van der Waals surface area contributed by atoms with Gasteiger partial charge in [-0.1, -0.05) is 11.6 Å². The van der Waals surface area contributed by atoms with E-state index in [1.165, 1.54) is 35.7 Å². The number of aromatic nitrogens is 1. The molecule has 1 N–H and O–H groups in total. The highest BCUT2D eigenvalue weighted by Gasteiger charge is 2.37. The largest absolute Gasteiger partial charge is 0.464 e. The van der Waals surface area contributed by atoms with Gasteiger partial charge in [-0.15, -0.1) is 0 Å². The highest BCUT2D eigenvalue weighted by molar-refractivity contribution is 7.89.